The molecule has 0 radical (unpaired) electrons. The molecule has 2 heterocycles. The van der Waals surface area contributed by atoms with Crippen LogP contribution in [0.4, 0.5) is 10.8 Å². The second kappa shape index (κ2) is 12.1. The summed E-state index contributed by atoms with van der Waals surface area (Å²) in [5.41, 5.74) is 14.7. The summed E-state index contributed by atoms with van der Waals surface area (Å²) in [7, 11) is 0. The lowest BCUT2D eigenvalue weighted by molar-refractivity contribution is 0.318. The highest BCUT2D eigenvalue weighted by atomic mass is 35.5. The van der Waals surface area contributed by atoms with Crippen LogP contribution in [0.1, 0.15) is 16.1 Å². The van der Waals surface area contributed by atoms with E-state index in [9.17, 15) is 0 Å². The molecule has 3 rings (SSSR count). The van der Waals surface area contributed by atoms with Crippen LogP contribution < -0.4 is 11.5 Å². The number of aromatic nitrogens is 1. The Morgan fingerprint density at radius 1 is 1.12 bits per heavy atom. The molecule has 1 aromatic carbocycles. The fourth-order valence-electron chi connectivity index (χ4n) is 2.61. The molecule has 0 saturated heterocycles. The summed E-state index contributed by atoms with van der Waals surface area (Å²) in [5, 5.41) is 0.704. The summed E-state index contributed by atoms with van der Waals surface area (Å²) < 4.78 is 0. The van der Waals surface area contributed by atoms with Gasteiger partial charge in [0.15, 0.2) is 5.13 Å². The summed E-state index contributed by atoms with van der Waals surface area (Å²) in [4.78, 5) is 8.23. The summed E-state index contributed by atoms with van der Waals surface area (Å²) in [6.45, 7) is 3.06. The topological polar surface area (TPSA) is 131 Å². The van der Waals surface area contributed by atoms with Crippen LogP contribution in [0.3, 0.4) is 0 Å². The normalized spacial score (nSPS) is 13.4. The van der Waals surface area contributed by atoms with Crippen LogP contribution in [-0.4, -0.2) is 40.5 Å². The number of anilines is 2. The van der Waals surface area contributed by atoms with Gasteiger partial charge in [-0.15, -0.1) is 36.2 Å². The first-order chi connectivity index (χ1) is 10.2. The molecule has 1 aliphatic rings. The second-order valence-corrected chi connectivity index (χ2v) is 6.41. The van der Waals surface area contributed by atoms with E-state index < -0.39 is 0 Å². The number of rotatable bonds is 3. The Bertz CT molecular complexity index is 642. The highest BCUT2D eigenvalue weighted by Gasteiger charge is 2.16. The highest BCUT2D eigenvalue weighted by Crippen LogP contribution is 2.24. The standard InChI is InChI=1S/C16H20N4S.2ClH.2H2O/c17-13-5-1-3-12(11-13)4-2-8-20-9-6-14-15(7-10-20)21-16(18)19-14;;;;/h1-5,11H,6-10,17H2,(H2,18,19);2*1H;2*1H2. The van der Waals surface area contributed by atoms with Crippen molar-refractivity contribution in [3.63, 3.8) is 0 Å². The molecule has 0 atom stereocenters. The molecule has 0 unspecified atom stereocenters. The molecule has 142 valence electrons. The van der Waals surface area contributed by atoms with Crippen LogP contribution in [0.25, 0.3) is 6.08 Å². The summed E-state index contributed by atoms with van der Waals surface area (Å²) in [6.07, 6.45) is 6.38. The van der Waals surface area contributed by atoms with E-state index in [1.807, 2.05) is 18.2 Å². The third-order valence-corrected chi connectivity index (χ3v) is 4.69. The van der Waals surface area contributed by atoms with Crippen molar-refractivity contribution in [1.82, 2.24) is 9.88 Å². The maximum Gasteiger partial charge on any atom is 0.180 e. The molecule has 25 heavy (non-hydrogen) atoms. The highest BCUT2D eigenvalue weighted by molar-refractivity contribution is 7.15. The van der Waals surface area contributed by atoms with Crippen molar-refractivity contribution >= 4 is 53.0 Å². The Morgan fingerprint density at radius 2 is 1.84 bits per heavy atom. The van der Waals surface area contributed by atoms with E-state index in [1.54, 1.807) is 11.3 Å². The van der Waals surface area contributed by atoms with Gasteiger partial charge in [-0.25, -0.2) is 4.98 Å². The average molecular weight is 409 g/mol. The minimum atomic E-state index is 0. The van der Waals surface area contributed by atoms with Gasteiger partial charge in [0.05, 0.1) is 5.69 Å². The zero-order valence-electron chi connectivity index (χ0n) is 13.8. The van der Waals surface area contributed by atoms with E-state index in [2.05, 4.69) is 28.1 Å². The second-order valence-electron chi connectivity index (χ2n) is 5.30. The lowest BCUT2D eigenvalue weighted by atomic mass is 10.2. The van der Waals surface area contributed by atoms with Gasteiger partial charge < -0.3 is 22.4 Å². The number of benzene rings is 1. The van der Waals surface area contributed by atoms with Crippen molar-refractivity contribution in [1.29, 1.82) is 0 Å². The molecule has 9 heteroatoms. The fraction of sp³-hybridized carbons (Fsp3) is 0.312. The van der Waals surface area contributed by atoms with Crippen LogP contribution in [0.2, 0.25) is 0 Å². The van der Waals surface area contributed by atoms with Crippen molar-refractivity contribution < 1.29 is 11.0 Å². The molecule has 6 nitrogen and oxygen atoms in total. The lowest BCUT2D eigenvalue weighted by Gasteiger charge is -2.17. The molecule has 8 N–H and O–H groups in total. The third-order valence-electron chi connectivity index (χ3n) is 3.70. The Hall–Kier alpha value is -1.35. The van der Waals surface area contributed by atoms with Gasteiger partial charge in [0.1, 0.15) is 0 Å². The number of halogens is 2. The Morgan fingerprint density at radius 3 is 2.56 bits per heavy atom. The smallest absolute Gasteiger partial charge is 0.180 e. The van der Waals surface area contributed by atoms with Crippen LogP contribution in [0.5, 0.6) is 0 Å². The van der Waals surface area contributed by atoms with E-state index in [0.717, 1.165) is 43.7 Å². The summed E-state index contributed by atoms with van der Waals surface area (Å²) in [5.74, 6) is 0. The quantitative estimate of drug-likeness (QED) is 0.746. The first-order valence-electron chi connectivity index (χ1n) is 7.19. The Labute approximate surface area is 164 Å². The molecule has 1 aromatic heterocycles. The van der Waals surface area contributed by atoms with E-state index in [4.69, 9.17) is 11.5 Å². The van der Waals surface area contributed by atoms with Gasteiger partial charge >= 0.3 is 0 Å². The van der Waals surface area contributed by atoms with Crippen molar-refractivity contribution in [2.45, 2.75) is 12.8 Å². The van der Waals surface area contributed by atoms with Crippen LogP contribution in [0.15, 0.2) is 30.3 Å². The fourth-order valence-corrected chi connectivity index (χ4v) is 3.48. The first kappa shape index (κ1) is 25.9. The molecule has 0 aliphatic carbocycles. The van der Waals surface area contributed by atoms with E-state index in [0.29, 0.717) is 5.13 Å². The van der Waals surface area contributed by atoms with Gasteiger partial charge in [0.2, 0.25) is 0 Å². The zero-order chi connectivity index (χ0) is 14.7. The summed E-state index contributed by atoms with van der Waals surface area (Å²) >= 11 is 1.64. The van der Waals surface area contributed by atoms with Crippen LogP contribution in [0, 0.1) is 0 Å². The number of hydrogen-bond acceptors (Lipinski definition) is 5. The monoisotopic (exact) mass is 408 g/mol. The number of nitrogens with zero attached hydrogens (tertiary/aromatic N) is 2. The minimum absolute atomic E-state index is 0. The average Bonchev–Trinajstić information content (AvgIpc) is 2.71. The SMILES string of the molecule is Cl.Cl.Nc1cccc(C=CCN2CCc3nc(N)sc3CC2)c1.O.O. The van der Waals surface area contributed by atoms with Gasteiger partial charge in [-0.3, -0.25) is 4.90 Å². The van der Waals surface area contributed by atoms with Crippen LogP contribution in [-0.2, 0) is 12.8 Å². The van der Waals surface area contributed by atoms with Crippen LogP contribution >= 0.6 is 36.2 Å². The predicted molar refractivity (Wildman–Crippen MR) is 112 cm³/mol. The first-order valence-corrected chi connectivity index (χ1v) is 8.01. The van der Waals surface area contributed by atoms with Gasteiger partial charge in [0.25, 0.3) is 0 Å². The van der Waals surface area contributed by atoms with Crippen molar-refractivity contribution in [2.75, 3.05) is 31.1 Å². The lowest BCUT2D eigenvalue weighted by Crippen LogP contribution is -2.26. The largest absolute Gasteiger partial charge is 0.412 e. The third kappa shape index (κ3) is 7.19. The van der Waals surface area contributed by atoms with Crippen molar-refractivity contribution in [3.05, 3.63) is 46.5 Å². The zero-order valence-corrected chi connectivity index (χ0v) is 16.2. The molecule has 0 fully saturated rings. The summed E-state index contributed by atoms with van der Waals surface area (Å²) in [6, 6.07) is 7.95. The maximum absolute atomic E-state index is 5.78. The van der Waals surface area contributed by atoms with Gasteiger partial charge in [-0.2, -0.15) is 0 Å². The van der Waals surface area contributed by atoms with E-state index >= 15 is 0 Å². The van der Waals surface area contributed by atoms with Crippen molar-refractivity contribution in [2.24, 2.45) is 0 Å². The molecule has 0 bridgehead atoms. The Balaban J connectivity index is 0. The molecule has 0 amide bonds. The number of hydrogen-bond donors (Lipinski definition) is 2. The number of nitrogen functional groups attached to an aromatic ring is 2. The Kier molecular flexibility index (Phi) is 12.5. The molecule has 2 aromatic rings. The molecule has 0 saturated carbocycles. The number of fused-ring (bicyclic) bond motifs is 1. The minimum Gasteiger partial charge on any atom is -0.412 e. The molecule has 1 aliphatic heterocycles. The van der Waals surface area contributed by atoms with E-state index in [1.165, 1.54) is 10.6 Å². The van der Waals surface area contributed by atoms with Crippen molar-refractivity contribution in [3.8, 4) is 0 Å². The molecular formula is C16H26Cl2N4O2S. The maximum atomic E-state index is 5.78. The molecule has 0 spiro atoms. The predicted octanol–water partition coefficient (Wildman–Crippen LogP) is 1.62. The number of nitrogens with two attached hydrogens (primary N) is 2. The van der Waals surface area contributed by atoms with Gasteiger partial charge in [0, 0.05) is 36.6 Å². The number of thiazole rings is 1. The van der Waals surface area contributed by atoms with Gasteiger partial charge in [-0.1, -0.05) is 24.3 Å². The van der Waals surface area contributed by atoms with E-state index in [-0.39, 0.29) is 35.8 Å². The van der Waals surface area contributed by atoms with Gasteiger partial charge in [-0.05, 0) is 24.1 Å². The molecular weight excluding hydrogens is 383 g/mol.